The quantitative estimate of drug-likeness (QED) is 0.918. The second kappa shape index (κ2) is 4.67. The van der Waals surface area contributed by atoms with Crippen LogP contribution in [-0.2, 0) is 12.7 Å². The zero-order valence-corrected chi connectivity index (χ0v) is 9.45. The Morgan fingerprint density at radius 3 is 2.78 bits per heavy atom. The molecule has 2 heterocycles. The first-order valence-electron chi connectivity index (χ1n) is 5.15. The number of nitrogens with one attached hydrogen (secondary N) is 1. The fraction of sp³-hybridized carbons (Fsp3) is 0.273. The Morgan fingerprint density at radius 2 is 2.17 bits per heavy atom. The van der Waals surface area contributed by atoms with E-state index in [9.17, 15) is 13.2 Å². The summed E-state index contributed by atoms with van der Waals surface area (Å²) in [6.07, 6.45) is -3.14. The Morgan fingerprint density at radius 1 is 1.39 bits per heavy atom. The van der Waals surface area contributed by atoms with E-state index in [4.69, 9.17) is 4.52 Å². The SMILES string of the molecule is Cc1cc(CNc2ncccc2C(F)(F)F)on1. The van der Waals surface area contributed by atoms with Gasteiger partial charge in [-0.25, -0.2) is 4.98 Å². The first kappa shape index (κ1) is 12.4. The van der Waals surface area contributed by atoms with Crippen molar-refractivity contribution in [3.63, 3.8) is 0 Å². The van der Waals surface area contributed by atoms with E-state index in [0.29, 0.717) is 11.5 Å². The van der Waals surface area contributed by atoms with Crippen molar-refractivity contribution in [2.24, 2.45) is 0 Å². The molecule has 0 aliphatic carbocycles. The monoisotopic (exact) mass is 257 g/mol. The minimum Gasteiger partial charge on any atom is -0.362 e. The summed E-state index contributed by atoms with van der Waals surface area (Å²) < 4.78 is 42.9. The minimum absolute atomic E-state index is 0.0981. The fourth-order valence-electron chi connectivity index (χ4n) is 1.45. The third-order valence-corrected chi connectivity index (χ3v) is 2.22. The molecule has 96 valence electrons. The highest BCUT2D eigenvalue weighted by Gasteiger charge is 2.34. The molecule has 2 aromatic rings. The second-order valence-corrected chi connectivity index (χ2v) is 3.69. The van der Waals surface area contributed by atoms with Gasteiger partial charge in [-0.1, -0.05) is 5.16 Å². The van der Waals surface area contributed by atoms with Gasteiger partial charge in [-0.05, 0) is 19.1 Å². The van der Waals surface area contributed by atoms with Crippen LogP contribution in [-0.4, -0.2) is 10.1 Å². The van der Waals surface area contributed by atoms with Crippen molar-refractivity contribution in [1.29, 1.82) is 0 Å². The van der Waals surface area contributed by atoms with Gasteiger partial charge in [0, 0.05) is 12.3 Å². The molecule has 0 saturated carbocycles. The van der Waals surface area contributed by atoms with E-state index in [1.165, 1.54) is 12.3 Å². The molecule has 4 nitrogen and oxygen atoms in total. The molecule has 0 radical (unpaired) electrons. The van der Waals surface area contributed by atoms with Crippen LogP contribution in [0.25, 0.3) is 0 Å². The first-order chi connectivity index (χ1) is 8.47. The average molecular weight is 257 g/mol. The normalized spacial score (nSPS) is 11.6. The highest BCUT2D eigenvalue weighted by Crippen LogP contribution is 2.33. The van der Waals surface area contributed by atoms with E-state index >= 15 is 0 Å². The number of rotatable bonds is 3. The van der Waals surface area contributed by atoms with Crippen molar-refractivity contribution in [1.82, 2.24) is 10.1 Å². The number of aryl methyl sites for hydroxylation is 1. The van der Waals surface area contributed by atoms with Gasteiger partial charge in [0.05, 0.1) is 17.8 Å². The zero-order chi connectivity index (χ0) is 13.2. The molecule has 0 bridgehead atoms. The molecule has 7 heteroatoms. The van der Waals surface area contributed by atoms with Crippen LogP contribution in [0.2, 0.25) is 0 Å². The van der Waals surface area contributed by atoms with Crippen LogP contribution in [0, 0.1) is 6.92 Å². The minimum atomic E-state index is -4.44. The van der Waals surface area contributed by atoms with Crippen LogP contribution in [0.1, 0.15) is 17.0 Å². The highest BCUT2D eigenvalue weighted by molar-refractivity contribution is 5.45. The number of alkyl halides is 3. The Bertz CT molecular complexity index is 536. The van der Waals surface area contributed by atoms with Gasteiger partial charge in [-0.3, -0.25) is 0 Å². The molecule has 18 heavy (non-hydrogen) atoms. The van der Waals surface area contributed by atoms with E-state index in [0.717, 1.165) is 6.07 Å². The summed E-state index contributed by atoms with van der Waals surface area (Å²) in [4.78, 5) is 3.67. The van der Waals surface area contributed by atoms with Gasteiger partial charge >= 0.3 is 6.18 Å². The van der Waals surface area contributed by atoms with Crippen molar-refractivity contribution in [3.8, 4) is 0 Å². The maximum Gasteiger partial charge on any atom is 0.419 e. The van der Waals surface area contributed by atoms with Gasteiger partial charge in [0.15, 0.2) is 5.76 Å². The summed E-state index contributed by atoms with van der Waals surface area (Å²) in [7, 11) is 0. The summed E-state index contributed by atoms with van der Waals surface area (Å²) >= 11 is 0. The van der Waals surface area contributed by atoms with Crippen molar-refractivity contribution < 1.29 is 17.7 Å². The van der Waals surface area contributed by atoms with Crippen LogP contribution < -0.4 is 5.32 Å². The van der Waals surface area contributed by atoms with Gasteiger partial charge in [-0.2, -0.15) is 13.2 Å². The van der Waals surface area contributed by atoms with E-state index in [2.05, 4.69) is 15.5 Å². The van der Waals surface area contributed by atoms with Crippen LogP contribution in [0.3, 0.4) is 0 Å². The number of anilines is 1. The van der Waals surface area contributed by atoms with Gasteiger partial charge in [-0.15, -0.1) is 0 Å². The molecule has 2 aromatic heterocycles. The van der Waals surface area contributed by atoms with E-state index in [-0.39, 0.29) is 12.4 Å². The highest BCUT2D eigenvalue weighted by atomic mass is 19.4. The molecule has 1 N–H and O–H groups in total. The molecule has 0 fully saturated rings. The zero-order valence-electron chi connectivity index (χ0n) is 9.45. The number of nitrogens with zero attached hydrogens (tertiary/aromatic N) is 2. The van der Waals surface area contributed by atoms with Crippen LogP contribution in [0.4, 0.5) is 19.0 Å². The van der Waals surface area contributed by atoms with E-state index in [1.807, 2.05) is 0 Å². The molecular weight excluding hydrogens is 247 g/mol. The molecule has 0 amide bonds. The molecule has 2 rings (SSSR count). The Kier molecular flexibility index (Phi) is 3.22. The smallest absolute Gasteiger partial charge is 0.362 e. The van der Waals surface area contributed by atoms with E-state index < -0.39 is 11.7 Å². The first-order valence-corrected chi connectivity index (χ1v) is 5.15. The Hall–Kier alpha value is -2.05. The second-order valence-electron chi connectivity index (χ2n) is 3.69. The fourth-order valence-corrected chi connectivity index (χ4v) is 1.45. The third-order valence-electron chi connectivity index (χ3n) is 2.22. The van der Waals surface area contributed by atoms with Gasteiger partial charge in [0.25, 0.3) is 0 Å². The molecule has 0 aromatic carbocycles. The van der Waals surface area contributed by atoms with Crippen molar-refractivity contribution in [3.05, 3.63) is 41.4 Å². The lowest BCUT2D eigenvalue weighted by Crippen LogP contribution is -2.11. The Labute approximate surface area is 101 Å². The maximum absolute atomic E-state index is 12.7. The molecule has 0 aliphatic rings. The predicted molar refractivity (Wildman–Crippen MR) is 57.8 cm³/mol. The van der Waals surface area contributed by atoms with Gasteiger partial charge in [0.1, 0.15) is 5.82 Å². The van der Waals surface area contributed by atoms with Crippen LogP contribution >= 0.6 is 0 Å². The molecule has 0 spiro atoms. The predicted octanol–water partition coefficient (Wildman–Crippen LogP) is 3.01. The standard InChI is InChI=1S/C11H10F3N3O/c1-7-5-8(18-17-7)6-16-10-9(11(12,13)14)3-2-4-15-10/h2-5H,6H2,1H3,(H,15,16). The number of hydrogen-bond acceptors (Lipinski definition) is 4. The average Bonchev–Trinajstić information content (AvgIpc) is 2.72. The lowest BCUT2D eigenvalue weighted by Gasteiger charge is -2.11. The maximum atomic E-state index is 12.7. The topological polar surface area (TPSA) is 51.0 Å². The number of aromatic nitrogens is 2. The van der Waals surface area contributed by atoms with Crippen molar-refractivity contribution in [2.45, 2.75) is 19.6 Å². The van der Waals surface area contributed by atoms with Gasteiger partial charge < -0.3 is 9.84 Å². The van der Waals surface area contributed by atoms with E-state index in [1.54, 1.807) is 13.0 Å². The molecular formula is C11H10F3N3O. The summed E-state index contributed by atoms with van der Waals surface area (Å²) in [5.41, 5.74) is -0.134. The third kappa shape index (κ3) is 2.79. The summed E-state index contributed by atoms with van der Waals surface area (Å²) in [6, 6.07) is 3.86. The van der Waals surface area contributed by atoms with Crippen molar-refractivity contribution >= 4 is 5.82 Å². The molecule has 0 unspecified atom stereocenters. The lowest BCUT2D eigenvalue weighted by atomic mass is 10.2. The van der Waals surface area contributed by atoms with Crippen LogP contribution in [0.15, 0.2) is 28.9 Å². The summed E-state index contributed by atoms with van der Waals surface area (Å²) in [5, 5.41) is 6.23. The molecule has 0 atom stereocenters. The number of pyridine rings is 1. The van der Waals surface area contributed by atoms with Crippen molar-refractivity contribution in [2.75, 3.05) is 5.32 Å². The summed E-state index contributed by atoms with van der Waals surface area (Å²) in [6.45, 7) is 1.83. The van der Waals surface area contributed by atoms with Gasteiger partial charge in [0.2, 0.25) is 0 Å². The largest absolute Gasteiger partial charge is 0.419 e. The molecule has 0 aliphatic heterocycles. The lowest BCUT2D eigenvalue weighted by molar-refractivity contribution is -0.137. The molecule has 0 saturated heterocycles. The summed E-state index contributed by atoms with van der Waals surface area (Å²) in [5.74, 6) is 0.227. The Balaban J connectivity index is 2.14. The number of hydrogen-bond donors (Lipinski definition) is 1. The number of halogens is 3. The van der Waals surface area contributed by atoms with Crippen LogP contribution in [0.5, 0.6) is 0 Å².